The number of methoxy groups -OCH3 is 2. The summed E-state index contributed by atoms with van der Waals surface area (Å²) in [5, 5.41) is 5.30. The van der Waals surface area contributed by atoms with Gasteiger partial charge >= 0.3 is 12.2 Å². The Morgan fingerprint density at radius 2 is 1.35 bits per heavy atom. The summed E-state index contributed by atoms with van der Waals surface area (Å²) in [5.74, 6) is -0.374. The minimum Gasteiger partial charge on any atom is -0.453 e. The van der Waals surface area contributed by atoms with Crippen molar-refractivity contribution in [2.24, 2.45) is 5.92 Å². The number of hydrogen-bond acceptors (Lipinski definition) is 10. The standard InChI is InChI=1S/C41H48N8O8/c1-6-29(46-39(52)54-4)37(50)48-17-7-8-32(48)35-42-21-30(44-35)27-13-9-25(10-14-27)26-11-15-28(16-12-26)31-22-43-36(45-31)33-20-41(56-18-19-57-41)23-49(33)38(51)34(24(2)3)47-40(53)55-5/h7-16,21-22,24,29,32-34H,6,17-20,23H2,1-5H3,(H,42,44)(H,43,45)(H,46,52)(H,47,53)/t29-,32+,33+,34+/m1/s1. The molecule has 7 rings (SSSR count). The summed E-state index contributed by atoms with van der Waals surface area (Å²) in [4.78, 5) is 70.6. The van der Waals surface area contributed by atoms with Crippen LogP contribution in [0, 0.1) is 5.92 Å². The Kier molecular flexibility index (Phi) is 11.4. The van der Waals surface area contributed by atoms with Crippen LogP contribution in [0.25, 0.3) is 33.6 Å². The van der Waals surface area contributed by atoms with Crippen LogP contribution in [0.15, 0.2) is 73.1 Å². The molecule has 5 heterocycles. The molecule has 16 heteroatoms. The van der Waals surface area contributed by atoms with Crippen molar-refractivity contribution in [1.82, 2.24) is 40.4 Å². The lowest BCUT2D eigenvalue weighted by atomic mass is 10.0. The number of aromatic amines is 2. The van der Waals surface area contributed by atoms with E-state index in [1.807, 2.05) is 81.5 Å². The number of ether oxygens (including phenoxy) is 4. The van der Waals surface area contributed by atoms with Crippen LogP contribution in [0.3, 0.4) is 0 Å². The van der Waals surface area contributed by atoms with Crippen LogP contribution in [0.1, 0.15) is 57.3 Å². The van der Waals surface area contributed by atoms with E-state index < -0.39 is 36.1 Å². The third-order valence-electron chi connectivity index (χ3n) is 10.7. The number of hydrogen-bond donors (Lipinski definition) is 4. The van der Waals surface area contributed by atoms with E-state index >= 15 is 0 Å². The Morgan fingerprint density at radius 3 is 1.91 bits per heavy atom. The summed E-state index contributed by atoms with van der Waals surface area (Å²) in [6.07, 6.45) is 6.86. The SMILES string of the molecule is CC[C@@H](NC(=O)OC)C(=O)N1CC=C[C@H]1c1ncc(-c2ccc(-c3ccc(-c4cnc([C@@H]5CC6(CN5C(=O)[C@@H](NC(=O)OC)C(C)C)OCCO6)[nH]4)cc3)cc2)[nH]1. The summed E-state index contributed by atoms with van der Waals surface area (Å²) in [6.45, 7) is 7.06. The molecule has 0 unspecified atom stereocenters. The molecule has 2 saturated heterocycles. The quantitative estimate of drug-likeness (QED) is 0.149. The van der Waals surface area contributed by atoms with Gasteiger partial charge < -0.3 is 49.3 Å². The maximum atomic E-state index is 13.9. The molecule has 0 aliphatic carbocycles. The summed E-state index contributed by atoms with van der Waals surface area (Å²) < 4.78 is 21.5. The number of alkyl carbamates (subject to hydrolysis) is 2. The number of carbonyl (C=O) groups is 4. The average Bonchev–Trinajstić information content (AvgIpc) is 4.09. The van der Waals surface area contributed by atoms with Crippen LogP contribution in [-0.4, -0.2) is 112 Å². The smallest absolute Gasteiger partial charge is 0.407 e. The Morgan fingerprint density at radius 1 is 0.807 bits per heavy atom. The minimum atomic E-state index is -0.935. The Labute approximate surface area is 330 Å². The van der Waals surface area contributed by atoms with E-state index in [2.05, 4.69) is 25.6 Å². The van der Waals surface area contributed by atoms with Gasteiger partial charge in [-0.15, -0.1) is 0 Å². The first-order chi connectivity index (χ1) is 27.5. The van der Waals surface area contributed by atoms with Crippen LogP contribution in [0.5, 0.6) is 0 Å². The average molecular weight is 781 g/mol. The number of carbonyl (C=O) groups excluding carboxylic acids is 4. The highest BCUT2D eigenvalue weighted by Gasteiger charge is 2.52. The highest BCUT2D eigenvalue weighted by atomic mass is 16.7. The van der Waals surface area contributed by atoms with Crippen molar-refractivity contribution in [3.8, 4) is 33.6 Å². The third-order valence-corrected chi connectivity index (χ3v) is 10.7. The minimum absolute atomic E-state index is 0.192. The number of rotatable bonds is 11. The predicted octanol–water partition coefficient (Wildman–Crippen LogP) is 5.11. The molecule has 4 atom stereocenters. The zero-order valence-corrected chi connectivity index (χ0v) is 32.6. The number of likely N-dealkylation sites (tertiary alicyclic amines) is 1. The molecular weight excluding hydrogens is 732 g/mol. The van der Waals surface area contributed by atoms with Crippen LogP contribution in [0.2, 0.25) is 0 Å². The van der Waals surface area contributed by atoms with Gasteiger partial charge in [0.15, 0.2) is 5.79 Å². The Balaban J connectivity index is 1.03. The topological polar surface area (TPSA) is 193 Å². The summed E-state index contributed by atoms with van der Waals surface area (Å²) >= 11 is 0. The van der Waals surface area contributed by atoms with E-state index in [4.69, 9.17) is 23.9 Å². The van der Waals surface area contributed by atoms with E-state index in [1.165, 1.54) is 14.2 Å². The molecule has 1 spiro atoms. The molecule has 4 amide bonds. The van der Waals surface area contributed by atoms with E-state index in [1.54, 1.807) is 22.2 Å². The predicted molar refractivity (Wildman–Crippen MR) is 208 cm³/mol. The number of nitrogens with one attached hydrogen (secondary N) is 4. The van der Waals surface area contributed by atoms with E-state index in [-0.39, 0.29) is 30.3 Å². The molecule has 16 nitrogen and oxygen atoms in total. The van der Waals surface area contributed by atoms with Crippen molar-refractivity contribution in [2.45, 2.75) is 63.6 Å². The number of imidazole rings is 2. The zero-order valence-electron chi connectivity index (χ0n) is 32.6. The molecule has 2 fully saturated rings. The zero-order chi connectivity index (χ0) is 40.3. The fourth-order valence-electron chi connectivity index (χ4n) is 7.60. The van der Waals surface area contributed by atoms with Gasteiger partial charge in [-0.3, -0.25) is 9.59 Å². The lowest BCUT2D eigenvalue weighted by molar-refractivity contribution is -0.153. The normalized spacial score (nSPS) is 19.5. The fraction of sp³-hybridized carbons (Fsp3) is 0.415. The van der Waals surface area contributed by atoms with Gasteiger partial charge in [0.1, 0.15) is 29.8 Å². The molecule has 4 N–H and O–H groups in total. The van der Waals surface area contributed by atoms with Crippen LogP contribution in [0.4, 0.5) is 9.59 Å². The molecule has 3 aliphatic rings. The molecule has 300 valence electrons. The van der Waals surface area contributed by atoms with Crippen molar-refractivity contribution in [3.63, 3.8) is 0 Å². The number of aromatic nitrogens is 4. The van der Waals surface area contributed by atoms with Crippen molar-refractivity contribution < 1.29 is 38.1 Å². The van der Waals surface area contributed by atoms with Gasteiger partial charge in [0.05, 0.1) is 63.8 Å². The largest absolute Gasteiger partial charge is 0.453 e. The molecule has 0 radical (unpaired) electrons. The van der Waals surface area contributed by atoms with Crippen LogP contribution in [-0.2, 0) is 28.5 Å². The second kappa shape index (κ2) is 16.6. The van der Waals surface area contributed by atoms with Gasteiger partial charge in [-0.25, -0.2) is 19.6 Å². The number of benzene rings is 2. The van der Waals surface area contributed by atoms with E-state index in [9.17, 15) is 19.2 Å². The van der Waals surface area contributed by atoms with Gasteiger partial charge in [0.2, 0.25) is 11.8 Å². The molecule has 57 heavy (non-hydrogen) atoms. The van der Waals surface area contributed by atoms with Gasteiger partial charge in [-0.05, 0) is 34.6 Å². The van der Waals surface area contributed by atoms with E-state index in [0.717, 1.165) is 33.6 Å². The molecule has 0 bridgehead atoms. The Bertz CT molecular complexity index is 2100. The van der Waals surface area contributed by atoms with E-state index in [0.29, 0.717) is 44.2 Å². The first-order valence-corrected chi connectivity index (χ1v) is 19.1. The maximum Gasteiger partial charge on any atom is 0.407 e. The summed E-state index contributed by atoms with van der Waals surface area (Å²) in [5.41, 5.74) is 5.51. The number of nitrogens with zero attached hydrogens (tertiary/aromatic N) is 4. The monoisotopic (exact) mass is 780 g/mol. The molecule has 2 aromatic heterocycles. The summed E-state index contributed by atoms with van der Waals surface area (Å²) in [6, 6.07) is 13.9. The van der Waals surface area contributed by atoms with Gasteiger partial charge in [0, 0.05) is 13.0 Å². The van der Waals surface area contributed by atoms with Crippen molar-refractivity contribution >= 4 is 24.0 Å². The first kappa shape index (κ1) is 39.2. The second-order valence-electron chi connectivity index (χ2n) is 14.6. The highest BCUT2D eigenvalue weighted by Crippen LogP contribution is 2.43. The van der Waals surface area contributed by atoms with Gasteiger partial charge in [-0.2, -0.15) is 0 Å². The van der Waals surface area contributed by atoms with Crippen LogP contribution < -0.4 is 10.6 Å². The molecular formula is C41H48N8O8. The molecule has 0 saturated carbocycles. The maximum absolute atomic E-state index is 13.9. The van der Waals surface area contributed by atoms with Gasteiger partial charge in [0.25, 0.3) is 0 Å². The second-order valence-corrected chi connectivity index (χ2v) is 14.6. The Hall–Kier alpha value is -6.00. The van der Waals surface area contributed by atoms with Crippen LogP contribution >= 0.6 is 0 Å². The number of H-pyrrole nitrogens is 2. The molecule has 2 aromatic carbocycles. The third kappa shape index (κ3) is 8.14. The first-order valence-electron chi connectivity index (χ1n) is 19.1. The fourth-order valence-corrected chi connectivity index (χ4v) is 7.60. The van der Waals surface area contributed by atoms with Crippen molar-refractivity contribution in [3.05, 3.63) is 84.7 Å². The van der Waals surface area contributed by atoms with Crippen molar-refractivity contribution in [2.75, 3.05) is 40.5 Å². The van der Waals surface area contributed by atoms with Gasteiger partial charge in [-0.1, -0.05) is 81.5 Å². The lowest BCUT2D eigenvalue weighted by Gasteiger charge is -2.30. The molecule has 4 aromatic rings. The number of amides is 4. The molecule has 3 aliphatic heterocycles. The summed E-state index contributed by atoms with van der Waals surface area (Å²) in [7, 11) is 2.54. The highest BCUT2D eigenvalue weighted by molar-refractivity contribution is 5.87. The lowest BCUT2D eigenvalue weighted by Crippen LogP contribution is -2.52. The van der Waals surface area contributed by atoms with Crippen molar-refractivity contribution in [1.29, 1.82) is 0 Å².